The molecular formula is C21H24N4O2S2. The number of para-hydroxylation sites is 2. The molecule has 0 fully saturated rings. The van der Waals surface area contributed by atoms with Gasteiger partial charge in [-0.05, 0) is 42.9 Å². The molecule has 1 aliphatic carbocycles. The van der Waals surface area contributed by atoms with Crippen LogP contribution in [0.1, 0.15) is 41.1 Å². The summed E-state index contributed by atoms with van der Waals surface area (Å²) < 4.78 is 2.17. The number of anilines is 1. The summed E-state index contributed by atoms with van der Waals surface area (Å²) in [6, 6.07) is 8.02. The predicted molar refractivity (Wildman–Crippen MR) is 119 cm³/mol. The van der Waals surface area contributed by atoms with Gasteiger partial charge in [0.25, 0.3) is 5.91 Å². The zero-order valence-electron chi connectivity index (χ0n) is 16.5. The highest BCUT2D eigenvalue weighted by Crippen LogP contribution is 2.39. The summed E-state index contributed by atoms with van der Waals surface area (Å²) in [5, 5.41) is 4.33. The van der Waals surface area contributed by atoms with Crippen molar-refractivity contribution in [3.63, 3.8) is 0 Å². The van der Waals surface area contributed by atoms with Crippen LogP contribution < -0.4 is 11.1 Å². The highest BCUT2D eigenvalue weighted by Gasteiger charge is 2.26. The first-order valence-corrected chi connectivity index (χ1v) is 11.6. The number of aromatic nitrogens is 2. The molecule has 0 aliphatic heterocycles. The highest BCUT2D eigenvalue weighted by molar-refractivity contribution is 7.99. The van der Waals surface area contributed by atoms with Crippen LogP contribution in [0.4, 0.5) is 5.00 Å². The van der Waals surface area contributed by atoms with Crippen LogP contribution in [0.3, 0.4) is 0 Å². The summed E-state index contributed by atoms with van der Waals surface area (Å²) in [6.45, 7) is 5.17. The van der Waals surface area contributed by atoms with Crippen molar-refractivity contribution in [2.75, 3.05) is 11.1 Å². The topological polar surface area (TPSA) is 90.0 Å². The Labute approximate surface area is 177 Å². The van der Waals surface area contributed by atoms with Gasteiger partial charge in [0, 0.05) is 11.4 Å². The van der Waals surface area contributed by atoms with Crippen LogP contribution in [0.25, 0.3) is 11.0 Å². The molecule has 1 aliphatic rings. The lowest BCUT2D eigenvalue weighted by atomic mass is 10.1. The Morgan fingerprint density at radius 3 is 2.86 bits per heavy atom. The van der Waals surface area contributed by atoms with E-state index >= 15 is 0 Å². The molecule has 1 aromatic carbocycles. The number of benzene rings is 1. The van der Waals surface area contributed by atoms with Crippen molar-refractivity contribution in [1.82, 2.24) is 9.55 Å². The lowest BCUT2D eigenvalue weighted by molar-refractivity contribution is -0.113. The van der Waals surface area contributed by atoms with Crippen LogP contribution in [0.5, 0.6) is 0 Å². The van der Waals surface area contributed by atoms with E-state index in [0.29, 0.717) is 16.5 Å². The molecule has 2 aromatic heterocycles. The van der Waals surface area contributed by atoms with Crippen LogP contribution in [0.15, 0.2) is 29.4 Å². The summed E-state index contributed by atoms with van der Waals surface area (Å²) in [4.78, 5) is 30.4. The average Bonchev–Trinajstić information content (AvgIpc) is 3.32. The zero-order valence-corrected chi connectivity index (χ0v) is 18.2. The minimum atomic E-state index is -0.467. The van der Waals surface area contributed by atoms with Crippen molar-refractivity contribution in [2.24, 2.45) is 11.7 Å². The number of carbonyl (C=O) groups excluding carboxylic acids is 2. The summed E-state index contributed by atoms with van der Waals surface area (Å²) in [6.07, 6.45) is 2.84. The number of carbonyl (C=O) groups is 2. The molecule has 4 rings (SSSR count). The van der Waals surface area contributed by atoms with Crippen LogP contribution in [-0.2, 0) is 24.2 Å². The smallest absolute Gasteiger partial charge is 0.251 e. The normalized spacial score (nSPS) is 13.2. The fourth-order valence-electron chi connectivity index (χ4n) is 3.75. The number of nitrogens with two attached hydrogens (primary N) is 1. The summed E-state index contributed by atoms with van der Waals surface area (Å²) in [5.74, 6) is 0.0707. The first-order valence-electron chi connectivity index (χ1n) is 9.76. The second kappa shape index (κ2) is 8.20. The number of rotatable bonds is 7. The Hall–Kier alpha value is -2.32. The second-order valence-electron chi connectivity index (χ2n) is 7.65. The van der Waals surface area contributed by atoms with Crippen molar-refractivity contribution in [2.45, 2.75) is 44.8 Å². The van der Waals surface area contributed by atoms with Crippen LogP contribution in [0.2, 0.25) is 0 Å². The largest absolute Gasteiger partial charge is 0.365 e. The van der Waals surface area contributed by atoms with Gasteiger partial charge in [-0.1, -0.05) is 37.7 Å². The first kappa shape index (κ1) is 20.0. The molecule has 152 valence electrons. The van der Waals surface area contributed by atoms with Crippen molar-refractivity contribution in [3.8, 4) is 0 Å². The minimum absolute atomic E-state index is 0.152. The standard InChI is InChI=1S/C21H24N4O2S2/c1-12(2)10-25-15-8-4-3-7-14(15)23-21(25)28-11-17(26)24-20-18(19(22)27)13-6-5-9-16(13)29-20/h3-4,7-8,12H,5-6,9-11H2,1-2H3,(H2,22,27)(H,24,26). The maximum absolute atomic E-state index is 12.6. The first-order chi connectivity index (χ1) is 13.9. The summed E-state index contributed by atoms with van der Waals surface area (Å²) in [7, 11) is 0. The lowest BCUT2D eigenvalue weighted by Gasteiger charge is -2.11. The number of hydrogen-bond acceptors (Lipinski definition) is 5. The number of nitrogens with zero attached hydrogens (tertiary/aromatic N) is 2. The molecule has 29 heavy (non-hydrogen) atoms. The van der Waals surface area contributed by atoms with Gasteiger partial charge in [-0.3, -0.25) is 9.59 Å². The number of amides is 2. The maximum Gasteiger partial charge on any atom is 0.251 e. The van der Waals surface area contributed by atoms with Gasteiger partial charge in [0.2, 0.25) is 5.91 Å². The van der Waals surface area contributed by atoms with E-state index in [0.717, 1.165) is 47.6 Å². The number of thiophene rings is 1. The Kier molecular flexibility index (Phi) is 5.65. The van der Waals surface area contributed by atoms with Crippen LogP contribution in [0, 0.1) is 5.92 Å². The third kappa shape index (κ3) is 4.04. The van der Waals surface area contributed by atoms with Gasteiger partial charge in [0.15, 0.2) is 5.16 Å². The molecule has 2 amide bonds. The van der Waals surface area contributed by atoms with E-state index < -0.39 is 5.91 Å². The van der Waals surface area contributed by atoms with E-state index in [2.05, 4.69) is 29.8 Å². The van der Waals surface area contributed by atoms with Gasteiger partial charge in [-0.2, -0.15) is 0 Å². The summed E-state index contributed by atoms with van der Waals surface area (Å²) in [5.41, 5.74) is 9.10. The molecule has 0 bridgehead atoms. The molecular weight excluding hydrogens is 404 g/mol. The zero-order chi connectivity index (χ0) is 20.5. The Balaban J connectivity index is 1.50. The Morgan fingerprint density at radius 2 is 2.10 bits per heavy atom. The fraction of sp³-hybridized carbons (Fsp3) is 0.381. The third-order valence-electron chi connectivity index (χ3n) is 4.92. The Morgan fingerprint density at radius 1 is 1.31 bits per heavy atom. The average molecular weight is 429 g/mol. The number of primary amides is 1. The molecule has 2 heterocycles. The molecule has 8 heteroatoms. The molecule has 0 unspecified atom stereocenters. The monoisotopic (exact) mass is 428 g/mol. The molecule has 3 aromatic rings. The molecule has 0 saturated heterocycles. The van der Waals surface area contributed by atoms with E-state index in [-0.39, 0.29) is 11.7 Å². The number of fused-ring (bicyclic) bond motifs is 2. The number of aryl methyl sites for hydroxylation is 1. The fourth-order valence-corrected chi connectivity index (χ4v) is 5.89. The minimum Gasteiger partial charge on any atom is -0.365 e. The highest BCUT2D eigenvalue weighted by atomic mass is 32.2. The Bertz CT molecular complexity index is 1080. The van der Waals surface area contributed by atoms with Crippen LogP contribution >= 0.6 is 23.1 Å². The third-order valence-corrected chi connectivity index (χ3v) is 7.10. The molecule has 0 saturated carbocycles. The van der Waals surface area contributed by atoms with Gasteiger partial charge >= 0.3 is 0 Å². The van der Waals surface area contributed by atoms with Gasteiger partial charge < -0.3 is 15.6 Å². The number of hydrogen-bond donors (Lipinski definition) is 2. The van der Waals surface area contributed by atoms with Crippen molar-refractivity contribution < 1.29 is 9.59 Å². The molecule has 6 nitrogen and oxygen atoms in total. The van der Waals surface area contributed by atoms with Crippen molar-refractivity contribution >= 4 is 50.9 Å². The SMILES string of the molecule is CC(C)Cn1c(SCC(=O)Nc2sc3c(c2C(N)=O)CCC3)nc2ccccc21. The van der Waals surface area contributed by atoms with Gasteiger partial charge in [-0.15, -0.1) is 11.3 Å². The van der Waals surface area contributed by atoms with E-state index in [4.69, 9.17) is 10.7 Å². The molecule has 0 spiro atoms. The van der Waals surface area contributed by atoms with Crippen molar-refractivity contribution in [1.29, 1.82) is 0 Å². The number of nitrogens with one attached hydrogen (secondary N) is 1. The number of thioether (sulfide) groups is 1. The van der Waals surface area contributed by atoms with E-state index in [1.54, 1.807) is 0 Å². The quantitative estimate of drug-likeness (QED) is 0.555. The van der Waals surface area contributed by atoms with E-state index in [9.17, 15) is 9.59 Å². The van der Waals surface area contributed by atoms with E-state index in [1.165, 1.54) is 28.0 Å². The second-order valence-corrected chi connectivity index (χ2v) is 9.70. The van der Waals surface area contributed by atoms with Gasteiger partial charge in [-0.25, -0.2) is 4.98 Å². The molecule has 3 N–H and O–H groups in total. The van der Waals surface area contributed by atoms with Crippen molar-refractivity contribution in [3.05, 3.63) is 40.3 Å². The maximum atomic E-state index is 12.6. The lowest BCUT2D eigenvalue weighted by Crippen LogP contribution is -2.19. The van der Waals surface area contributed by atoms with Gasteiger partial charge in [0.1, 0.15) is 5.00 Å². The molecule has 0 radical (unpaired) electrons. The van der Waals surface area contributed by atoms with E-state index in [1.807, 2.05) is 18.2 Å². The van der Waals surface area contributed by atoms with Crippen LogP contribution in [-0.4, -0.2) is 27.1 Å². The predicted octanol–water partition coefficient (Wildman–Crippen LogP) is 4.07. The summed E-state index contributed by atoms with van der Waals surface area (Å²) >= 11 is 2.89. The van der Waals surface area contributed by atoms with Gasteiger partial charge in [0.05, 0.1) is 22.3 Å². The number of imidazole rings is 1. The molecule has 0 atom stereocenters.